The minimum Gasteiger partial charge on any atom is -0.352 e. The first-order chi connectivity index (χ1) is 13.4. The van der Waals surface area contributed by atoms with Crippen LogP contribution in [0.3, 0.4) is 0 Å². The normalized spacial score (nSPS) is 23.2. The van der Waals surface area contributed by atoms with E-state index in [-0.39, 0.29) is 5.41 Å². The molecule has 4 rings (SSSR count). The number of fused-ring (bicyclic) bond motifs is 5. The highest BCUT2D eigenvalue weighted by Gasteiger charge is 2.49. The Morgan fingerprint density at radius 2 is 1.86 bits per heavy atom. The molecular weight excluding hydrogens is 342 g/mol. The maximum atomic E-state index is 2.58. The smallest absolute Gasteiger partial charge is 0.107 e. The zero-order valence-corrected chi connectivity index (χ0v) is 18.1. The lowest BCUT2D eigenvalue weighted by atomic mass is 9.64. The number of nitrogens with zero attached hydrogens (tertiary/aromatic N) is 3. The molecule has 0 saturated carbocycles. The van der Waals surface area contributed by atoms with Crippen LogP contribution in [0.15, 0.2) is 54.7 Å². The molecule has 0 radical (unpaired) electrons. The average molecular weight is 376 g/mol. The molecule has 0 spiro atoms. The summed E-state index contributed by atoms with van der Waals surface area (Å²) in [5, 5.41) is 0. The lowest BCUT2D eigenvalue weighted by Crippen LogP contribution is -2.51. The Hall–Kier alpha value is -2.42. The van der Waals surface area contributed by atoms with E-state index in [9.17, 15) is 0 Å². The maximum Gasteiger partial charge on any atom is 0.107 e. The van der Waals surface area contributed by atoms with Crippen molar-refractivity contribution in [2.75, 3.05) is 28.8 Å². The van der Waals surface area contributed by atoms with E-state index in [0.717, 1.165) is 12.8 Å². The summed E-state index contributed by atoms with van der Waals surface area (Å²) >= 11 is 0. The van der Waals surface area contributed by atoms with E-state index < -0.39 is 0 Å². The number of anilines is 4. The fourth-order valence-corrected chi connectivity index (χ4v) is 5.37. The van der Waals surface area contributed by atoms with Gasteiger partial charge in [0, 0.05) is 30.9 Å². The largest absolute Gasteiger partial charge is 0.352 e. The quantitative estimate of drug-likeness (QED) is 0.623. The number of hydrogen-bond acceptors (Lipinski definition) is 3. The summed E-state index contributed by atoms with van der Waals surface area (Å²) in [4.78, 5) is 7.26. The van der Waals surface area contributed by atoms with E-state index in [2.05, 4.69) is 111 Å². The fraction of sp³-hybridized carbons (Fsp3) is 0.440. The SMILES string of the molecule is C/C=C\N(C)c1ccc2c(c1)N1c3ccccc3N(C)[C@@H]1CC2(CC)C(C)C. The van der Waals surface area contributed by atoms with E-state index in [0.29, 0.717) is 12.1 Å². The molecular formula is C25H33N3. The lowest BCUT2D eigenvalue weighted by molar-refractivity contribution is 0.244. The van der Waals surface area contributed by atoms with Gasteiger partial charge in [-0.3, -0.25) is 0 Å². The molecule has 3 nitrogen and oxygen atoms in total. The predicted octanol–water partition coefficient (Wildman–Crippen LogP) is 6.28. The van der Waals surface area contributed by atoms with Crippen LogP contribution in [-0.2, 0) is 5.41 Å². The Labute approximate surface area is 170 Å². The Bertz CT molecular complexity index is 900. The third-order valence-electron chi connectivity index (χ3n) is 7.11. The molecule has 0 bridgehead atoms. The van der Waals surface area contributed by atoms with Crippen molar-refractivity contribution in [3.8, 4) is 0 Å². The second-order valence-electron chi connectivity index (χ2n) is 8.61. The number of hydrogen-bond donors (Lipinski definition) is 0. The zero-order chi connectivity index (χ0) is 20.1. The van der Waals surface area contributed by atoms with Crippen LogP contribution in [0.5, 0.6) is 0 Å². The van der Waals surface area contributed by atoms with Gasteiger partial charge in [0.2, 0.25) is 0 Å². The molecule has 0 fully saturated rings. The van der Waals surface area contributed by atoms with Gasteiger partial charge in [0.05, 0.1) is 11.4 Å². The van der Waals surface area contributed by atoms with Gasteiger partial charge < -0.3 is 14.7 Å². The first kappa shape index (κ1) is 18.9. The number of rotatable bonds is 4. The molecule has 0 saturated heterocycles. The summed E-state index contributed by atoms with van der Waals surface area (Å²) in [6, 6.07) is 15.9. The van der Waals surface area contributed by atoms with Crippen molar-refractivity contribution in [1.82, 2.24) is 0 Å². The molecule has 148 valence electrons. The van der Waals surface area contributed by atoms with E-state index in [1.807, 2.05) is 0 Å². The third-order valence-corrected chi connectivity index (χ3v) is 7.11. The molecule has 1 unspecified atom stereocenters. The van der Waals surface area contributed by atoms with Gasteiger partial charge in [-0.05, 0) is 61.7 Å². The summed E-state index contributed by atoms with van der Waals surface area (Å²) in [6.45, 7) is 9.22. The lowest BCUT2D eigenvalue weighted by Gasteiger charge is -2.50. The van der Waals surface area contributed by atoms with Crippen molar-refractivity contribution in [3.63, 3.8) is 0 Å². The molecule has 0 N–H and O–H groups in total. The number of allylic oxidation sites excluding steroid dienone is 1. The standard InChI is InChI=1S/C25H33N3/c1-7-15-26(5)19-13-14-20-23(16-19)28-22-12-10-9-11-21(22)27(6)24(28)17-25(20,8-2)18(3)4/h7,9-16,18,24H,8,17H2,1-6H3/b15-7-/t24-,25?/m0/s1. The summed E-state index contributed by atoms with van der Waals surface area (Å²) < 4.78 is 0. The second-order valence-corrected chi connectivity index (χ2v) is 8.61. The molecule has 0 amide bonds. The Balaban J connectivity index is 1.96. The summed E-state index contributed by atoms with van der Waals surface area (Å²) in [5.74, 6) is 0.592. The first-order valence-corrected chi connectivity index (χ1v) is 10.6. The van der Waals surface area contributed by atoms with Gasteiger partial charge in [-0.2, -0.15) is 0 Å². The number of para-hydroxylation sites is 2. The molecule has 3 heteroatoms. The van der Waals surface area contributed by atoms with Crippen molar-refractivity contribution in [3.05, 3.63) is 60.3 Å². The molecule has 0 aliphatic carbocycles. The molecule has 2 aliphatic rings. The Kier molecular flexibility index (Phi) is 4.65. The van der Waals surface area contributed by atoms with Crippen molar-refractivity contribution in [2.45, 2.75) is 52.1 Å². The van der Waals surface area contributed by atoms with Crippen LogP contribution in [-0.4, -0.2) is 20.3 Å². The molecule has 0 aromatic heterocycles. The molecule has 2 heterocycles. The van der Waals surface area contributed by atoms with Gasteiger partial charge in [-0.15, -0.1) is 0 Å². The van der Waals surface area contributed by atoms with Crippen LogP contribution in [0.2, 0.25) is 0 Å². The van der Waals surface area contributed by atoms with Crippen molar-refractivity contribution in [1.29, 1.82) is 0 Å². The monoisotopic (exact) mass is 375 g/mol. The van der Waals surface area contributed by atoms with Crippen molar-refractivity contribution in [2.24, 2.45) is 5.92 Å². The summed E-state index contributed by atoms with van der Waals surface area (Å²) in [7, 11) is 4.38. The molecule has 2 atom stereocenters. The third kappa shape index (κ3) is 2.56. The van der Waals surface area contributed by atoms with Crippen LogP contribution in [0.25, 0.3) is 0 Å². The molecule has 2 aromatic rings. The fourth-order valence-electron chi connectivity index (χ4n) is 5.37. The van der Waals surface area contributed by atoms with Gasteiger partial charge >= 0.3 is 0 Å². The Morgan fingerprint density at radius 1 is 1.14 bits per heavy atom. The van der Waals surface area contributed by atoms with Crippen LogP contribution < -0.4 is 14.7 Å². The van der Waals surface area contributed by atoms with E-state index in [4.69, 9.17) is 0 Å². The van der Waals surface area contributed by atoms with Gasteiger partial charge in [-0.1, -0.05) is 45.0 Å². The molecule has 2 aromatic carbocycles. The first-order valence-electron chi connectivity index (χ1n) is 10.6. The predicted molar refractivity (Wildman–Crippen MR) is 122 cm³/mol. The van der Waals surface area contributed by atoms with Crippen molar-refractivity contribution < 1.29 is 0 Å². The summed E-state index contributed by atoms with van der Waals surface area (Å²) in [6.07, 6.45) is 6.90. The van der Waals surface area contributed by atoms with Crippen LogP contribution in [0.1, 0.15) is 46.1 Å². The topological polar surface area (TPSA) is 9.72 Å². The number of benzene rings is 2. The second kappa shape index (κ2) is 6.88. The molecule has 2 aliphatic heterocycles. The highest BCUT2D eigenvalue weighted by Crippen LogP contribution is 2.56. The van der Waals surface area contributed by atoms with Gasteiger partial charge in [-0.25, -0.2) is 0 Å². The average Bonchev–Trinajstić information content (AvgIpc) is 2.99. The highest BCUT2D eigenvalue weighted by molar-refractivity contribution is 5.87. The van der Waals surface area contributed by atoms with E-state index in [1.54, 1.807) is 0 Å². The van der Waals surface area contributed by atoms with Crippen molar-refractivity contribution >= 4 is 22.7 Å². The minimum absolute atomic E-state index is 0.199. The summed E-state index contributed by atoms with van der Waals surface area (Å²) in [5.41, 5.74) is 6.97. The maximum absolute atomic E-state index is 2.58. The van der Waals surface area contributed by atoms with Gasteiger partial charge in [0.1, 0.15) is 6.17 Å². The van der Waals surface area contributed by atoms with Crippen LogP contribution in [0, 0.1) is 5.92 Å². The van der Waals surface area contributed by atoms with Gasteiger partial charge in [0.25, 0.3) is 0 Å². The van der Waals surface area contributed by atoms with E-state index in [1.165, 1.54) is 28.3 Å². The van der Waals surface area contributed by atoms with Crippen LogP contribution in [0.4, 0.5) is 22.7 Å². The van der Waals surface area contributed by atoms with Gasteiger partial charge in [0.15, 0.2) is 0 Å². The highest BCUT2D eigenvalue weighted by atomic mass is 15.4. The molecule has 28 heavy (non-hydrogen) atoms. The van der Waals surface area contributed by atoms with Crippen LogP contribution >= 0.6 is 0 Å². The van der Waals surface area contributed by atoms with E-state index >= 15 is 0 Å². The zero-order valence-electron chi connectivity index (χ0n) is 18.1. The Morgan fingerprint density at radius 3 is 2.50 bits per heavy atom. The minimum atomic E-state index is 0.199.